The lowest BCUT2D eigenvalue weighted by molar-refractivity contribution is 0.310. The van der Waals surface area contributed by atoms with Crippen LogP contribution in [0, 0.1) is 17.7 Å². The van der Waals surface area contributed by atoms with Gasteiger partial charge in [0.05, 0.1) is 11.9 Å². The Morgan fingerprint density at radius 1 is 1.38 bits per heavy atom. The summed E-state index contributed by atoms with van der Waals surface area (Å²) in [6.45, 7) is 6.47. The molecule has 2 heterocycles. The number of rotatable bonds is 2. The molecule has 1 aromatic heterocycles. The van der Waals surface area contributed by atoms with Crippen LogP contribution in [0.25, 0.3) is 0 Å². The fraction of sp³-hybridized carbons (Fsp3) is 0.615. The van der Waals surface area contributed by atoms with Crippen molar-refractivity contribution >= 4 is 5.69 Å². The smallest absolute Gasteiger partial charge is 0.164 e. The Morgan fingerprint density at radius 3 is 2.62 bits per heavy atom. The number of hydrogen-bond acceptors (Lipinski definition) is 2. The highest BCUT2D eigenvalue weighted by Crippen LogP contribution is 2.28. The molecule has 0 N–H and O–H groups in total. The first kappa shape index (κ1) is 11.4. The highest BCUT2D eigenvalue weighted by molar-refractivity contribution is 5.46. The predicted octanol–water partition coefficient (Wildman–Crippen LogP) is 3.09. The van der Waals surface area contributed by atoms with Crippen molar-refractivity contribution in [2.75, 3.05) is 18.0 Å². The van der Waals surface area contributed by atoms with Gasteiger partial charge in [-0.3, -0.25) is 4.98 Å². The van der Waals surface area contributed by atoms with Crippen molar-refractivity contribution in [3.05, 3.63) is 24.3 Å². The molecule has 1 aliphatic rings. The van der Waals surface area contributed by atoms with Gasteiger partial charge < -0.3 is 4.90 Å². The second-order valence-corrected chi connectivity index (χ2v) is 4.90. The van der Waals surface area contributed by atoms with Gasteiger partial charge in [0, 0.05) is 19.3 Å². The maximum Gasteiger partial charge on any atom is 0.164 e. The first-order chi connectivity index (χ1) is 7.68. The predicted molar refractivity (Wildman–Crippen MR) is 64.0 cm³/mol. The summed E-state index contributed by atoms with van der Waals surface area (Å²) < 4.78 is 13.5. The van der Waals surface area contributed by atoms with Gasteiger partial charge in [0.2, 0.25) is 0 Å². The molecule has 0 atom stereocenters. The van der Waals surface area contributed by atoms with Crippen molar-refractivity contribution in [2.45, 2.75) is 26.7 Å². The molecule has 2 rings (SSSR count). The first-order valence-corrected chi connectivity index (χ1v) is 6.03. The van der Waals surface area contributed by atoms with Crippen LogP contribution in [-0.2, 0) is 0 Å². The van der Waals surface area contributed by atoms with E-state index < -0.39 is 0 Å². The molecule has 1 aliphatic heterocycles. The number of halogens is 1. The average molecular weight is 222 g/mol. The Bertz CT molecular complexity index is 344. The van der Waals surface area contributed by atoms with Crippen LogP contribution < -0.4 is 4.90 Å². The minimum atomic E-state index is -0.203. The van der Waals surface area contributed by atoms with Gasteiger partial charge in [-0.05, 0) is 30.7 Å². The molecule has 0 radical (unpaired) electrons. The van der Waals surface area contributed by atoms with Gasteiger partial charge in [-0.25, -0.2) is 4.39 Å². The summed E-state index contributed by atoms with van der Waals surface area (Å²) in [6, 6.07) is 1.77. The van der Waals surface area contributed by atoms with E-state index in [0.717, 1.165) is 24.9 Å². The fourth-order valence-corrected chi connectivity index (χ4v) is 2.43. The molecule has 1 aromatic rings. The zero-order valence-corrected chi connectivity index (χ0v) is 9.99. The molecule has 0 aromatic carbocycles. The normalized spacial score (nSPS) is 18.1. The topological polar surface area (TPSA) is 16.1 Å². The molecule has 0 spiro atoms. The van der Waals surface area contributed by atoms with E-state index in [1.807, 2.05) is 0 Å². The summed E-state index contributed by atoms with van der Waals surface area (Å²) in [5, 5.41) is 0. The largest absolute Gasteiger partial charge is 0.369 e. The maximum atomic E-state index is 13.5. The first-order valence-electron chi connectivity index (χ1n) is 6.03. The summed E-state index contributed by atoms with van der Waals surface area (Å²) in [7, 11) is 0. The zero-order valence-electron chi connectivity index (χ0n) is 9.99. The van der Waals surface area contributed by atoms with Gasteiger partial charge in [-0.2, -0.15) is 0 Å². The molecule has 0 bridgehead atoms. The molecule has 0 aliphatic carbocycles. The molecule has 0 amide bonds. The minimum Gasteiger partial charge on any atom is -0.369 e. The molecule has 2 nitrogen and oxygen atoms in total. The third-order valence-electron chi connectivity index (χ3n) is 3.57. The van der Waals surface area contributed by atoms with Gasteiger partial charge in [0.1, 0.15) is 0 Å². The van der Waals surface area contributed by atoms with Crippen LogP contribution >= 0.6 is 0 Å². The summed E-state index contributed by atoms with van der Waals surface area (Å²) in [5.41, 5.74) is 0.706. The third-order valence-corrected chi connectivity index (χ3v) is 3.57. The van der Waals surface area contributed by atoms with Gasteiger partial charge in [0.25, 0.3) is 0 Å². The molecule has 3 heteroatoms. The Morgan fingerprint density at radius 2 is 2.06 bits per heavy atom. The van der Waals surface area contributed by atoms with E-state index in [2.05, 4.69) is 23.7 Å². The van der Waals surface area contributed by atoms with Crippen LogP contribution in [0.2, 0.25) is 0 Å². The van der Waals surface area contributed by atoms with E-state index in [0.29, 0.717) is 5.69 Å². The van der Waals surface area contributed by atoms with E-state index in [9.17, 15) is 4.39 Å². The van der Waals surface area contributed by atoms with Crippen LogP contribution in [0.3, 0.4) is 0 Å². The SMILES string of the molecule is CC(C)C1CCN(c2ccncc2F)CC1. The van der Waals surface area contributed by atoms with E-state index in [4.69, 9.17) is 0 Å². The van der Waals surface area contributed by atoms with E-state index in [1.54, 1.807) is 12.3 Å². The van der Waals surface area contributed by atoms with Gasteiger partial charge in [0.15, 0.2) is 5.82 Å². The van der Waals surface area contributed by atoms with Crippen molar-refractivity contribution in [2.24, 2.45) is 11.8 Å². The molecule has 0 unspecified atom stereocenters. The van der Waals surface area contributed by atoms with Crippen LogP contribution in [0.1, 0.15) is 26.7 Å². The standard InChI is InChI=1S/C13H19FN2/c1-10(2)11-4-7-16(8-5-11)13-3-6-15-9-12(13)14/h3,6,9-11H,4-5,7-8H2,1-2H3. The van der Waals surface area contributed by atoms with Gasteiger partial charge >= 0.3 is 0 Å². The number of pyridine rings is 1. The van der Waals surface area contributed by atoms with Crippen molar-refractivity contribution in [1.29, 1.82) is 0 Å². The second kappa shape index (κ2) is 4.81. The lowest BCUT2D eigenvalue weighted by Crippen LogP contribution is -2.35. The molecule has 1 saturated heterocycles. The molecule has 0 saturated carbocycles. The number of aromatic nitrogens is 1. The molecule has 16 heavy (non-hydrogen) atoms. The Labute approximate surface area is 96.5 Å². The minimum absolute atomic E-state index is 0.203. The van der Waals surface area contributed by atoms with E-state index in [-0.39, 0.29) is 5.82 Å². The van der Waals surface area contributed by atoms with E-state index >= 15 is 0 Å². The highest BCUT2D eigenvalue weighted by atomic mass is 19.1. The van der Waals surface area contributed by atoms with Crippen molar-refractivity contribution in [3.8, 4) is 0 Å². The van der Waals surface area contributed by atoms with Gasteiger partial charge in [-0.15, -0.1) is 0 Å². The quantitative estimate of drug-likeness (QED) is 0.764. The second-order valence-electron chi connectivity index (χ2n) is 4.90. The van der Waals surface area contributed by atoms with Crippen molar-refractivity contribution in [3.63, 3.8) is 0 Å². The molecule has 1 fully saturated rings. The third kappa shape index (κ3) is 2.34. The van der Waals surface area contributed by atoms with Crippen molar-refractivity contribution in [1.82, 2.24) is 4.98 Å². The maximum absolute atomic E-state index is 13.5. The molecular formula is C13H19FN2. The van der Waals surface area contributed by atoms with Gasteiger partial charge in [-0.1, -0.05) is 13.8 Å². The Kier molecular flexibility index (Phi) is 3.42. The Balaban J connectivity index is 2.02. The summed E-state index contributed by atoms with van der Waals surface area (Å²) in [5.74, 6) is 1.33. The van der Waals surface area contributed by atoms with Crippen LogP contribution in [0.5, 0.6) is 0 Å². The number of nitrogens with zero attached hydrogens (tertiary/aromatic N) is 2. The zero-order chi connectivity index (χ0) is 11.5. The van der Waals surface area contributed by atoms with Crippen LogP contribution in [0.15, 0.2) is 18.5 Å². The number of piperidine rings is 1. The lowest BCUT2D eigenvalue weighted by atomic mass is 9.86. The molecule has 88 valence electrons. The summed E-state index contributed by atoms with van der Waals surface area (Å²) >= 11 is 0. The summed E-state index contributed by atoms with van der Waals surface area (Å²) in [4.78, 5) is 5.92. The average Bonchev–Trinajstić information content (AvgIpc) is 2.30. The Hall–Kier alpha value is -1.12. The van der Waals surface area contributed by atoms with E-state index in [1.165, 1.54) is 19.0 Å². The highest BCUT2D eigenvalue weighted by Gasteiger charge is 2.22. The van der Waals surface area contributed by atoms with Crippen LogP contribution in [0.4, 0.5) is 10.1 Å². The lowest BCUT2D eigenvalue weighted by Gasteiger charge is -2.35. The fourth-order valence-electron chi connectivity index (χ4n) is 2.43. The summed E-state index contributed by atoms with van der Waals surface area (Å²) in [6.07, 6.45) is 5.29. The molecular weight excluding hydrogens is 203 g/mol. The number of anilines is 1. The monoisotopic (exact) mass is 222 g/mol. The number of hydrogen-bond donors (Lipinski definition) is 0. The van der Waals surface area contributed by atoms with Crippen LogP contribution in [-0.4, -0.2) is 18.1 Å². The van der Waals surface area contributed by atoms with Crippen molar-refractivity contribution < 1.29 is 4.39 Å².